The number of aryl methyl sites for hydroxylation is 1. The van der Waals surface area contributed by atoms with Crippen LogP contribution < -0.4 is 5.73 Å². The maximum atomic E-state index is 11.6. The largest absolute Gasteiger partial charge is 0.330 e. The Morgan fingerprint density at radius 3 is 2.73 bits per heavy atom. The fourth-order valence-electron chi connectivity index (χ4n) is 1.49. The van der Waals surface area contributed by atoms with Gasteiger partial charge >= 0.3 is 0 Å². The average Bonchev–Trinajstić information content (AvgIpc) is 2.64. The molecule has 0 saturated carbocycles. The Kier molecular flexibility index (Phi) is 5.04. The first kappa shape index (κ1) is 11.9. The molecule has 0 unspecified atom stereocenters. The molecule has 1 aromatic heterocycles. The number of aromatic nitrogens is 2. The molecule has 0 aliphatic heterocycles. The minimum atomic E-state index is 0.191. The second-order valence-corrected chi connectivity index (χ2v) is 3.78. The number of rotatable bonds is 7. The van der Waals surface area contributed by atoms with Gasteiger partial charge in [-0.05, 0) is 19.4 Å². The summed E-state index contributed by atoms with van der Waals surface area (Å²) >= 11 is 0. The zero-order valence-corrected chi connectivity index (χ0v) is 9.28. The predicted molar refractivity (Wildman–Crippen MR) is 59.7 cm³/mol. The summed E-state index contributed by atoms with van der Waals surface area (Å²) in [6, 6.07) is 0. The molecule has 4 nitrogen and oxygen atoms in total. The Balaban J connectivity index is 2.19. The van der Waals surface area contributed by atoms with E-state index < -0.39 is 0 Å². The summed E-state index contributed by atoms with van der Waals surface area (Å²) in [4.78, 5) is 11.6. The van der Waals surface area contributed by atoms with Crippen molar-refractivity contribution in [2.24, 2.45) is 12.8 Å². The van der Waals surface area contributed by atoms with Gasteiger partial charge in [0.2, 0.25) is 0 Å². The van der Waals surface area contributed by atoms with Gasteiger partial charge in [0, 0.05) is 19.7 Å². The number of ketones is 1. The maximum absolute atomic E-state index is 11.6. The molecule has 0 amide bonds. The van der Waals surface area contributed by atoms with Gasteiger partial charge < -0.3 is 5.73 Å². The summed E-state index contributed by atoms with van der Waals surface area (Å²) < 4.78 is 1.65. The number of hydrogen-bond acceptors (Lipinski definition) is 3. The molecule has 0 atom stereocenters. The van der Waals surface area contributed by atoms with Crippen LogP contribution in [-0.2, 0) is 7.05 Å². The van der Waals surface area contributed by atoms with Gasteiger partial charge in [-0.3, -0.25) is 9.48 Å². The number of nitrogens with zero attached hydrogens (tertiary/aromatic N) is 2. The summed E-state index contributed by atoms with van der Waals surface area (Å²) in [5.41, 5.74) is 6.11. The van der Waals surface area contributed by atoms with Crippen LogP contribution in [-0.4, -0.2) is 22.1 Å². The molecule has 0 aromatic carbocycles. The highest BCUT2D eigenvalue weighted by atomic mass is 16.1. The Morgan fingerprint density at radius 1 is 1.40 bits per heavy atom. The van der Waals surface area contributed by atoms with Crippen LogP contribution in [0.15, 0.2) is 12.4 Å². The molecule has 1 heterocycles. The summed E-state index contributed by atoms with van der Waals surface area (Å²) in [5, 5.41) is 3.97. The highest BCUT2D eigenvalue weighted by Crippen LogP contribution is 2.08. The molecule has 0 aliphatic rings. The second kappa shape index (κ2) is 6.35. The van der Waals surface area contributed by atoms with Crippen LogP contribution in [0.4, 0.5) is 0 Å². The summed E-state index contributed by atoms with van der Waals surface area (Å²) in [7, 11) is 1.82. The van der Waals surface area contributed by atoms with E-state index in [1.165, 1.54) is 0 Å². The molecular formula is C11H19N3O. The minimum Gasteiger partial charge on any atom is -0.330 e. The standard InChI is InChI=1S/C11H19N3O/c1-14-9-10(8-13-14)11(15)6-4-2-3-5-7-12/h8-9H,2-7,12H2,1H3. The zero-order valence-electron chi connectivity index (χ0n) is 9.28. The van der Waals surface area contributed by atoms with E-state index in [4.69, 9.17) is 5.73 Å². The Hall–Kier alpha value is -1.16. The summed E-state index contributed by atoms with van der Waals surface area (Å²) in [6.07, 6.45) is 8.23. The van der Waals surface area contributed by atoms with Crippen molar-refractivity contribution in [1.82, 2.24) is 9.78 Å². The van der Waals surface area contributed by atoms with Gasteiger partial charge in [0.1, 0.15) is 0 Å². The highest BCUT2D eigenvalue weighted by Gasteiger charge is 2.06. The van der Waals surface area contributed by atoms with Gasteiger partial charge in [-0.25, -0.2) is 0 Å². The van der Waals surface area contributed by atoms with Crippen molar-refractivity contribution in [2.75, 3.05) is 6.54 Å². The van der Waals surface area contributed by atoms with Crippen LogP contribution in [0.5, 0.6) is 0 Å². The lowest BCUT2D eigenvalue weighted by Gasteiger charge is -1.98. The molecule has 2 N–H and O–H groups in total. The first-order valence-electron chi connectivity index (χ1n) is 5.46. The van der Waals surface area contributed by atoms with Crippen molar-refractivity contribution < 1.29 is 4.79 Å². The first-order chi connectivity index (χ1) is 7.24. The molecule has 84 valence electrons. The summed E-state index contributed by atoms with van der Waals surface area (Å²) in [6.45, 7) is 0.747. The molecule has 0 bridgehead atoms. The molecule has 0 fully saturated rings. The molecule has 0 spiro atoms. The zero-order chi connectivity index (χ0) is 11.1. The van der Waals surface area contributed by atoms with E-state index in [0.29, 0.717) is 6.42 Å². The lowest BCUT2D eigenvalue weighted by molar-refractivity contribution is 0.0979. The topological polar surface area (TPSA) is 60.9 Å². The molecule has 4 heteroatoms. The van der Waals surface area contributed by atoms with Crippen molar-refractivity contribution in [3.05, 3.63) is 18.0 Å². The lowest BCUT2D eigenvalue weighted by atomic mass is 10.1. The molecular weight excluding hydrogens is 190 g/mol. The Labute approximate surface area is 90.5 Å². The molecule has 1 aromatic rings. The maximum Gasteiger partial charge on any atom is 0.166 e. The number of carbonyl (C=O) groups is 1. The minimum absolute atomic E-state index is 0.191. The van der Waals surface area contributed by atoms with Crippen molar-refractivity contribution >= 4 is 5.78 Å². The monoisotopic (exact) mass is 209 g/mol. The fraction of sp³-hybridized carbons (Fsp3) is 0.636. The average molecular weight is 209 g/mol. The van der Waals surface area contributed by atoms with Crippen molar-refractivity contribution in [3.8, 4) is 0 Å². The van der Waals surface area contributed by atoms with Crippen LogP contribution >= 0.6 is 0 Å². The highest BCUT2D eigenvalue weighted by molar-refractivity contribution is 5.95. The van der Waals surface area contributed by atoms with E-state index >= 15 is 0 Å². The molecule has 0 aliphatic carbocycles. The quantitative estimate of drug-likeness (QED) is 0.547. The van der Waals surface area contributed by atoms with E-state index in [1.807, 2.05) is 7.05 Å². The Morgan fingerprint density at radius 2 is 2.13 bits per heavy atom. The van der Waals surface area contributed by atoms with Crippen LogP contribution in [0.2, 0.25) is 0 Å². The van der Waals surface area contributed by atoms with E-state index in [2.05, 4.69) is 5.10 Å². The van der Waals surface area contributed by atoms with Crippen LogP contribution in [0.3, 0.4) is 0 Å². The Bertz CT molecular complexity index is 307. The van der Waals surface area contributed by atoms with Gasteiger partial charge in [-0.1, -0.05) is 12.8 Å². The second-order valence-electron chi connectivity index (χ2n) is 3.78. The molecule has 1 rings (SSSR count). The van der Waals surface area contributed by atoms with Gasteiger partial charge in [0.15, 0.2) is 5.78 Å². The smallest absolute Gasteiger partial charge is 0.166 e. The van der Waals surface area contributed by atoms with Crippen molar-refractivity contribution in [2.45, 2.75) is 32.1 Å². The number of nitrogens with two attached hydrogens (primary N) is 1. The van der Waals surface area contributed by atoms with Gasteiger partial charge in [0.25, 0.3) is 0 Å². The van der Waals surface area contributed by atoms with E-state index in [1.54, 1.807) is 17.1 Å². The number of carbonyl (C=O) groups excluding carboxylic acids is 1. The molecule has 0 saturated heterocycles. The number of hydrogen-bond donors (Lipinski definition) is 1. The molecule has 0 radical (unpaired) electrons. The van der Waals surface area contributed by atoms with E-state index in [9.17, 15) is 4.79 Å². The SMILES string of the molecule is Cn1cc(C(=O)CCCCCCN)cn1. The fourth-order valence-corrected chi connectivity index (χ4v) is 1.49. The van der Waals surface area contributed by atoms with Crippen molar-refractivity contribution in [3.63, 3.8) is 0 Å². The lowest BCUT2D eigenvalue weighted by Crippen LogP contribution is -1.99. The van der Waals surface area contributed by atoms with Gasteiger partial charge in [-0.2, -0.15) is 5.10 Å². The van der Waals surface area contributed by atoms with Crippen LogP contribution in [0, 0.1) is 0 Å². The van der Waals surface area contributed by atoms with E-state index in [0.717, 1.165) is 37.8 Å². The third-order valence-corrected chi connectivity index (χ3v) is 2.38. The van der Waals surface area contributed by atoms with Crippen LogP contribution in [0.25, 0.3) is 0 Å². The van der Waals surface area contributed by atoms with E-state index in [-0.39, 0.29) is 5.78 Å². The van der Waals surface area contributed by atoms with Gasteiger partial charge in [-0.15, -0.1) is 0 Å². The normalized spacial score (nSPS) is 10.5. The number of Topliss-reactive ketones (excluding diaryl/α,β-unsaturated/α-hetero) is 1. The van der Waals surface area contributed by atoms with Crippen LogP contribution in [0.1, 0.15) is 42.5 Å². The number of unbranched alkanes of at least 4 members (excludes halogenated alkanes) is 3. The molecule has 15 heavy (non-hydrogen) atoms. The first-order valence-corrected chi connectivity index (χ1v) is 5.46. The summed E-state index contributed by atoms with van der Waals surface area (Å²) in [5.74, 6) is 0.191. The third kappa shape index (κ3) is 4.25. The third-order valence-electron chi connectivity index (χ3n) is 2.38. The van der Waals surface area contributed by atoms with Gasteiger partial charge in [0.05, 0.1) is 11.8 Å². The van der Waals surface area contributed by atoms with Crippen molar-refractivity contribution in [1.29, 1.82) is 0 Å². The predicted octanol–water partition coefficient (Wildman–Crippen LogP) is 1.51.